The summed E-state index contributed by atoms with van der Waals surface area (Å²) >= 11 is 6.18. The summed E-state index contributed by atoms with van der Waals surface area (Å²) in [6.45, 7) is 9.62. The maximum absolute atomic E-state index is 13.1. The molecule has 10 nitrogen and oxygen atoms in total. The molecule has 0 aliphatic heterocycles. The van der Waals surface area contributed by atoms with Crippen LogP contribution in [-0.2, 0) is 33.2 Å². The monoisotopic (exact) mass is 664 g/mol. The molecule has 2 aromatic heterocycles. The summed E-state index contributed by atoms with van der Waals surface area (Å²) in [6, 6.07) is 12.7. The van der Waals surface area contributed by atoms with Gasteiger partial charge in [-0.3, -0.25) is 0 Å². The van der Waals surface area contributed by atoms with Crippen molar-refractivity contribution in [2.75, 3.05) is 5.32 Å². The second-order valence-electron chi connectivity index (χ2n) is 12.7. The summed E-state index contributed by atoms with van der Waals surface area (Å²) in [5.74, 6) is 0.298. The molecule has 5 rings (SSSR count). The lowest BCUT2D eigenvalue weighted by atomic mass is 9.91. The van der Waals surface area contributed by atoms with E-state index in [0.717, 1.165) is 59.7 Å². The summed E-state index contributed by atoms with van der Waals surface area (Å²) in [4.78, 5) is 21.7. The third kappa shape index (κ3) is 8.11. The molecule has 0 spiro atoms. The number of nitrogens with one attached hydrogen (secondary N) is 2. The zero-order valence-electron chi connectivity index (χ0n) is 26.9. The van der Waals surface area contributed by atoms with Crippen LogP contribution in [-0.4, -0.2) is 52.4 Å². The van der Waals surface area contributed by atoms with E-state index in [1.165, 1.54) is 6.07 Å². The van der Waals surface area contributed by atoms with Crippen LogP contribution in [0, 0.1) is 0 Å². The largest absolute Gasteiger partial charge is 0.444 e. The van der Waals surface area contributed by atoms with Gasteiger partial charge in [0.1, 0.15) is 5.60 Å². The van der Waals surface area contributed by atoms with Crippen molar-refractivity contribution in [3.8, 4) is 11.3 Å². The molecule has 1 aliphatic rings. The van der Waals surface area contributed by atoms with Crippen molar-refractivity contribution in [2.24, 2.45) is 0 Å². The molecule has 4 aromatic rings. The highest BCUT2D eigenvalue weighted by atomic mass is 35.5. The van der Waals surface area contributed by atoms with Gasteiger partial charge in [0.25, 0.3) is 0 Å². The van der Waals surface area contributed by atoms with E-state index in [9.17, 15) is 13.2 Å². The fraction of sp³-hybridized carbons (Fsp3) is 0.441. The molecule has 46 heavy (non-hydrogen) atoms. The maximum atomic E-state index is 13.1. The molecule has 0 bridgehead atoms. The highest BCUT2D eigenvalue weighted by Gasteiger charge is 2.26. The van der Waals surface area contributed by atoms with E-state index >= 15 is 0 Å². The van der Waals surface area contributed by atoms with Gasteiger partial charge in [-0.2, -0.15) is 10.2 Å². The van der Waals surface area contributed by atoms with Crippen molar-refractivity contribution in [3.63, 3.8) is 0 Å². The Labute approximate surface area is 275 Å². The van der Waals surface area contributed by atoms with E-state index in [1.807, 2.05) is 46.0 Å². The molecular weight excluding hydrogens is 624 g/mol. The Balaban J connectivity index is 1.30. The van der Waals surface area contributed by atoms with Gasteiger partial charge in [-0.15, -0.1) is 0 Å². The molecular formula is C34H41ClN6O4S. The van der Waals surface area contributed by atoms with Gasteiger partial charge in [0.2, 0.25) is 5.95 Å². The maximum Gasteiger partial charge on any atom is 0.407 e. The summed E-state index contributed by atoms with van der Waals surface area (Å²) in [5.41, 5.74) is 4.15. The van der Waals surface area contributed by atoms with Crippen molar-refractivity contribution < 1.29 is 17.9 Å². The number of halogens is 1. The smallest absolute Gasteiger partial charge is 0.407 e. The first-order valence-electron chi connectivity index (χ1n) is 15.7. The number of benzene rings is 2. The fourth-order valence-corrected chi connectivity index (χ4v) is 7.62. The average Bonchev–Trinajstić information content (AvgIpc) is 3.00. The number of carbonyl (C=O) groups excluding carboxylic acids is 1. The van der Waals surface area contributed by atoms with Gasteiger partial charge in [0.05, 0.1) is 32.6 Å². The number of rotatable bonds is 9. The molecule has 244 valence electrons. The van der Waals surface area contributed by atoms with Gasteiger partial charge in [-0.1, -0.05) is 37.6 Å². The number of fused-ring (bicyclic) bond motifs is 1. The topological polar surface area (TPSA) is 136 Å². The first-order valence-corrected chi connectivity index (χ1v) is 17.8. The Morgan fingerprint density at radius 3 is 2.35 bits per heavy atom. The predicted molar refractivity (Wildman–Crippen MR) is 181 cm³/mol. The molecule has 0 radical (unpaired) electrons. The first-order chi connectivity index (χ1) is 21.8. The molecule has 1 amide bonds. The zero-order chi connectivity index (χ0) is 33.1. The second kappa shape index (κ2) is 13.9. The summed E-state index contributed by atoms with van der Waals surface area (Å²) in [7, 11) is -3.70. The van der Waals surface area contributed by atoms with Crippen LogP contribution in [0.5, 0.6) is 0 Å². The van der Waals surface area contributed by atoms with E-state index in [4.69, 9.17) is 21.3 Å². The fourth-order valence-electron chi connectivity index (χ4n) is 5.72. The molecule has 2 aromatic carbocycles. The molecule has 1 aliphatic carbocycles. The predicted octanol–water partition coefficient (Wildman–Crippen LogP) is 7.09. The third-order valence-corrected chi connectivity index (χ3v) is 10.2. The normalized spacial score (nSPS) is 17.1. The quantitative estimate of drug-likeness (QED) is 0.192. The van der Waals surface area contributed by atoms with Crippen molar-refractivity contribution in [3.05, 3.63) is 70.5 Å². The number of nitrogens with zero attached hydrogens (tertiary/aromatic N) is 4. The van der Waals surface area contributed by atoms with Gasteiger partial charge in [0, 0.05) is 29.2 Å². The Hall–Kier alpha value is -3.83. The molecule has 1 fully saturated rings. The van der Waals surface area contributed by atoms with Crippen LogP contribution in [0.3, 0.4) is 0 Å². The number of aryl methyl sites for hydroxylation is 2. The summed E-state index contributed by atoms with van der Waals surface area (Å²) in [5, 5.41) is 16.4. The molecule has 2 N–H and O–H groups in total. The second-order valence-corrected chi connectivity index (χ2v) is 15.1. The summed E-state index contributed by atoms with van der Waals surface area (Å²) < 4.78 is 31.7. The number of ether oxygens (including phenoxy) is 1. The van der Waals surface area contributed by atoms with E-state index in [2.05, 4.69) is 38.8 Å². The van der Waals surface area contributed by atoms with Crippen LogP contribution >= 0.6 is 11.6 Å². The number of hydrogen-bond donors (Lipinski definition) is 2. The lowest BCUT2D eigenvalue weighted by Crippen LogP contribution is -2.42. The summed E-state index contributed by atoms with van der Waals surface area (Å²) in [6.07, 6.45) is 6.26. The lowest BCUT2D eigenvalue weighted by molar-refractivity contribution is 0.0492. The number of carbonyl (C=O) groups is 1. The van der Waals surface area contributed by atoms with E-state index in [0.29, 0.717) is 23.8 Å². The van der Waals surface area contributed by atoms with E-state index < -0.39 is 15.4 Å². The SMILES string of the molecule is CCc1cc(-c2cc(CC)c3nc(NC4CCC(NC(=O)OC(C)(C)C)CC4)ncc3c2)nnc1CS(=O)(=O)c1ccccc1Cl. The van der Waals surface area contributed by atoms with Gasteiger partial charge >= 0.3 is 6.09 Å². The Morgan fingerprint density at radius 1 is 0.978 bits per heavy atom. The molecule has 2 heterocycles. The van der Waals surface area contributed by atoms with Crippen molar-refractivity contribution >= 4 is 44.4 Å². The van der Waals surface area contributed by atoms with Gasteiger partial charge in [-0.25, -0.2) is 23.2 Å². The number of anilines is 1. The van der Waals surface area contributed by atoms with E-state index in [1.54, 1.807) is 18.2 Å². The zero-order valence-corrected chi connectivity index (χ0v) is 28.5. The number of sulfone groups is 1. The van der Waals surface area contributed by atoms with Crippen LogP contribution in [0.1, 0.15) is 77.1 Å². The van der Waals surface area contributed by atoms with Gasteiger partial charge in [-0.05, 0) is 101 Å². The van der Waals surface area contributed by atoms with Crippen LogP contribution < -0.4 is 10.6 Å². The Kier molecular flexibility index (Phi) is 10.1. The van der Waals surface area contributed by atoms with Gasteiger partial charge < -0.3 is 15.4 Å². The number of amides is 1. The first kappa shape index (κ1) is 33.5. The number of alkyl carbamates (subject to hydrolysis) is 1. The Bertz CT molecular complexity index is 1840. The highest BCUT2D eigenvalue weighted by molar-refractivity contribution is 7.90. The van der Waals surface area contributed by atoms with Crippen molar-refractivity contribution in [1.82, 2.24) is 25.5 Å². The van der Waals surface area contributed by atoms with E-state index in [-0.39, 0.29) is 33.8 Å². The van der Waals surface area contributed by atoms with Crippen LogP contribution in [0.2, 0.25) is 5.02 Å². The van der Waals surface area contributed by atoms with Crippen molar-refractivity contribution in [1.29, 1.82) is 0 Å². The average molecular weight is 665 g/mol. The minimum atomic E-state index is -3.70. The highest BCUT2D eigenvalue weighted by Crippen LogP contribution is 2.30. The molecule has 0 unspecified atom stereocenters. The number of aromatic nitrogens is 4. The standard InChI is InChI=1S/C34H41ClN6O4S/c1-6-21-18-28(40-41-29(21)20-46(43,44)30-11-9-8-10-27(30)35)23-16-22(7-2)31-24(17-23)19-36-32(39-31)37-25-12-14-26(15-13-25)38-33(42)45-34(3,4)5/h8-11,16-19,25-26H,6-7,12-15,20H2,1-5H3,(H,38,42)(H,36,37,39). The number of hydrogen-bond acceptors (Lipinski definition) is 9. The molecule has 1 saturated carbocycles. The molecule has 0 atom stereocenters. The minimum absolute atomic E-state index is 0.0865. The Morgan fingerprint density at radius 2 is 1.67 bits per heavy atom. The molecule has 0 saturated heterocycles. The van der Waals surface area contributed by atoms with Crippen LogP contribution in [0.4, 0.5) is 10.7 Å². The van der Waals surface area contributed by atoms with Gasteiger partial charge in [0.15, 0.2) is 9.84 Å². The lowest BCUT2D eigenvalue weighted by Gasteiger charge is -2.30. The molecule has 12 heteroatoms. The minimum Gasteiger partial charge on any atom is -0.444 e. The van der Waals surface area contributed by atoms with Crippen LogP contribution in [0.25, 0.3) is 22.2 Å². The van der Waals surface area contributed by atoms with Crippen molar-refractivity contribution in [2.45, 2.75) is 101 Å². The third-order valence-electron chi connectivity index (χ3n) is 8.06. The van der Waals surface area contributed by atoms with Crippen LogP contribution in [0.15, 0.2) is 53.6 Å².